The van der Waals surface area contributed by atoms with E-state index in [0.29, 0.717) is 5.92 Å². The van der Waals surface area contributed by atoms with Crippen molar-refractivity contribution in [2.24, 2.45) is 5.92 Å². The molecule has 1 aliphatic heterocycles. The zero-order chi connectivity index (χ0) is 12.3. The molecule has 17 heavy (non-hydrogen) atoms. The van der Waals surface area contributed by atoms with Gasteiger partial charge in [-0.1, -0.05) is 13.8 Å². The average Bonchev–Trinajstić information content (AvgIpc) is 2.79. The molecule has 1 aliphatic rings. The number of hydrogen-bond donors (Lipinski definition) is 2. The fraction of sp³-hybridized carbons (Fsp3) is 0.667. The summed E-state index contributed by atoms with van der Waals surface area (Å²) < 4.78 is 0. The van der Waals surface area contributed by atoms with Crippen molar-refractivity contribution in [2.45, 2.75) is 32.6 Å². The van der Waals surface area contributed by atoms with Gasteiger partial charge >= 0.3 is 0 Å². The van der Waals surface area contributed by atoms with E-state index in [1.807, 2.05) is 5.38 Å². The predicted molar refractivity (Wildman–Crippen MR) is 70.4 cm³/mol. The van der Waals surface area contributed by atoms with Crippen molar-refractivity contribution in [1.29, 1.82) is 0 Å². The summed E-state index contributed by atoms with van der Waals surface area (Å²) in [5.41, 5.74) is 1.05. The number of carbonyl (C=O) groups is 1. The molecule has 0 saturated carbocycles. The number of carbonyl (C=O) groups excluding carboxylic acids is 1. The number of rotatable bonds is 3. The number of amides is 1. The summed E-state index contributed by atoms with van der Waals surface area (Å²) in [5, 5.41) is 8.90. The minimum Gasteiger partial charge on any atom is -0.316 e. The molecule has 1 aromatic heterocycles. The maximum absolute atomic E-state index is 12.0. The Morgan fingerprint density at radius 1 is 1.65 bits per heavy atom. The highest BCUT2D eigenvalue weighted by Crippen LogP contribution is 2.22. The molecule has 5 heteroatoms. The van der Waals surface area contributed by atoms with E-state index in [2.05, 4.69) is 29.5 Å². The van der Waals surface area contributed by atoms with Crippen LogP contribution in [0.3, 0.4) is 0 Å². The summed E-state index contributed by atoms with van der Waals surface area (Å²) in [6.07, 6.45) is 2.05. The van der Waals surface area contributed by atoms with E-state index < -0.39 is 0 Å². The molecule has 1 fully saturated rings. The van der Waals surface area contributed by atoms with Crippen molar-refractivity contribution in [1.82, 2.24) is 10.3 Å². The molecule has 1 amide bonds. The highest BCUT2D eigenvalue weighted by Gasteiger charge is 2.21. The third-order valence-electron chi connectivity index (χ3n) is 3.01. The zero-order valence-corrected chi connectivity index (χ0v) is 11.1. The fourth-order valence-corrected chi connectivity index (χ4v) is 2.77. The molecule has 4 nitrogen and oxygen atoms in total. The van der Waals surface area contributed by atoms with Crippen LogP contribution in [0.2, 0.25) is 0 Å². The van der Waals surface area contributed by atoms with Crippen molar-refractivity contribution in [3.63, 3.8) is 0 Å². The third-order valence-corrected chi connectivity index (χ3v) is 3.79. The van der Waals surface area contributed by atoms with Gasteiger partial charge in [-0.15, -0.1) is 11.3 Å². The van der Waals surface area contributed by atoms with Crippen LogP contribution >= 0.6 is 11.3 Å². The van der Waals surface area contributed by atoms with Crippen molar-refractivity contribution in [3.05, 3.63) is 11.1 Å². The van der Waals surface area contributed by atoms with Gasteiger partial charge in [-0.05, 0) is 25.3 Å². The molecule has 1 atom stereocenters. The van der Waals surface area contributed by atoms with Gasteiger partial charge in [0, 0.05) is 11.9 Å². The SMILES string of the molecule is CC(C)c1csc(NC(=O)C2CCCNC2)n1. The number of thiazole rings is 1. The van der Waals surface area contributed by atoms with Crippen LogP contribution < -0.4 is 10.6 Å². The monoisotopic (exact) mass is 253 g/mol. The van der Waals surface area contributed by atoms with Crippen LogP contribution in [0.25, 0.3) is 0 Å². The van der Waals surface area contributed by atoms with Gasteiger partial charge in [0.05, 0.1) is 11.6 Å². The number of aromatic nitrogens is 1. The summed E-state index contributed by atoms with van der Waals surface area (Å²) in [6.45, 7) is 6.02. The molecule has 2 N–H and O–H groups in total. The van der Waals surface area contributed by atoms with E-state index in [1.54, 1.807) is 0 Å². The van der Waals surface area contributed by atoms with E-state index >= 15 is 0 Å². The Balaban J connectivity index is 1.92. The van der Waals surface area contributed by atoms with Crippen LogP contribution in [0.5, 0.6) is 0 Å². The van der Waals surface area contributed by atoms with E-state index in [4.69, 9.17) is 0 Å². The topological polar surface area (TPSA) is 54.0 Å². The molecule has 1 unspecified atom stereocenters. The lowest BCUT2D eigenvalue weighted by atomic mass is 9.99. The maximum Gasteiger partial charge on any atom is 0.230 e. The Labute approximate surface area is 106 Å². The minimum absolute atomic E-state index is 0.0927. The van der Waals surface area contributed by atoms with Gasteiger partial charge < -0.3 is 10.6 Å². The van der Waals surface area contributed by atoms with Crippen LogP contribution in [-0.4, -0.2) is 24.0 Å². The van der Waals surface area contributed by atoms with Gasteiger partial charge in [0.1, 0.15) is 0 Å². The second-order valence-electron chi connectivity index (χ2n) is 4.76. The number of hydrogen-bond acceptors (Lipinski definition) is 4. The summed E-state index contributed by atoms with van der Waals surface area (Å²) in [6, 6.07) is 0. The number of nitrogens with zero attached hydrogens (tertiary/aromatic N) is 1. The van der Waals surface area contributed by atoms with E-state index in [-0.39, 0.29) is 11.8 Å². The summed E-state index contributed by atoms with van der Waals surface area (Å²) >= 11 is 1.51. The third kappa shape index (κ3) is 3.26. The number of anilines is 1. The Kier molecular flexibility index (Phi) is 4.12. The number of piperidine rings is 1. The first-order valence-corrected chi connectivity index (χ1v) is 7.02. The molecule has 0 radical (unpaired) electrons. The standard InChI is InChI=1S/C12H19N3OS/c1-8(2)10-7-17-12(14-10)15-11(16)9-4-3-5-13-6-9/h7-9,13H,3-6H2,1-2H3,(H,14,15,16). The largest absolute Gasteiger partial charge is 0.316 e. The first-order valence-electron chi connectivity index (χ1n) is 6.14. The van der Waals surface area contributed by atoms with E-state index in [1.165, 1.54) is 11.3 Å². The minimum atomic E-state index is 0.0927. The molecule has 0 aliphatic carbocycles. The zero-order valence-electron chi connectivity index (χ0n) is 10.3. The first kappa shape index (κ1) is 12.5. The van der Waals surface area contributed by atoms with Crippen LogP contribution in [0.4, 0.5) is 5.13 Å². The van der Waals surface area contributed by atoms with Gasteiger partial charge in [0.15, 0.2) is 5.13 Å². The molecule has 2 heterocycles. The highest BCUT2D eigenvalue weighted by atomic mass is 32.1. The molecule has 0 aromatic carbocycles. The summed E-state index contributed by atoms with van der Waals surface area (Å²) in [4.78, 5) is 16.4. The fourth-order valence-electron chi connectivity index (χ4n) is 1.89. The molecule has 2 rings (SSSR count). The Morgan fingerprint density at radius 2 is 2.47 bits per heavy atom. The lowest BCUT2D eigenvalue weighted by Crippen LogP contribution is -2.37. The summed E-state index contributed by atoms with van der Waals surface area (Å²) in [7, 11) is 0. The van der Waals surface area contributed by atoms with Crippen molar-refractivity contribution < 1.29 is 4.79 Å². The number of nitrogens with one attached hydrogen (secondary N) is 2. The van der Waals surface area contributed by atoms with Crippen LogP contribution in [-0.2, 0) is 4.79 Å². The van der Waals surface area contributed by atoms with Crippen molar-refractivity contribution in [3.8, 4) is 0 Å². The maximum atomic E-state index is 12.0. The predicted octanol–water partition coefficient (Wildman–Crippen LogP) is 2.20. The van der Waals surface area contributed by atoms with Gasteiger partial charge in [-0.3, -0.25) is 4.79 Å². The second-order valence-corrected chi connectivity index (χ2v) is 5.62. The molecular weight excluding hydrogens is 234 g/mol. The van der Waals surface area contributed by atoms with Gasteiger partial charge in [-0.2, -0.15) is 0 Å². The normalized spacial score (nSPS) is 20.5. The van der Waals surface area contributed by atoms with Gasteiger partial charge in [0.2, 0.25) is 5.91 Å². The molecule has 94 valence electrons. The second kappa shape index (κ2) is 5.60. The first-order chi connectivity index (χ1) is 8.16. The van der Waals surface area contributed by atoms with E-state index in [0.717, 1.165) is 36.8 Å². The smallest absolute Gasteiger partial charge is 0.230 e. The van der Waals surface area contributed by atoms with Crippen LogP contribution in [0.1, 0.15) is 38.3 Å². The van der Waals surface area contributed by atoms with Gasteiger partial charge in [0.25, 0.3) is 0 Å². The van der Waals surface area contributed by atoms with Crippen LogP contribution in [0.15, 0.2) is 5.38 Å². The Hall–Kier alpha value is -0.940. The Morgan fingerprint density at radius 3 is 3.06 bits per heavy atom. The van der Waals surface area contributed by atoms with Crippen molar-refractivity contribution >= 4 is 22.4 Å². The summed E-state index contributed by atoms with van der Waals surface area (Å²) in [5.74, 6) is 0.602. The molecule has 1 saturated heterocycles. The molecule has 0 spiro atoms. The van der Waals surface area contributed by atoms with Crippen molar-refractivity contribution in [2.75, 3.05) is 18.4 Å². The molecular formula is C12H19N3OS. The van der Waals surface area contributed by atoms with E-state index in [9.17, 15) is 4.79 Å². The lowest BCUT2D eigenvalue weighted by molar-refractivity contribution is -0.120. The molecule has 1 aromatic rings. The van der Waals surface area contributed by atoms with Crippen LogP contribution in [0, 0.1) is 5.92 Å². The average molecular weight is 253 g/mol. The van der Waals surface area contributed by atoms with Gasteiger partial charge in [-0.25, -0.2) is 4.98 Å². The lowest BCUT2D eigenvalue weighted by Gasteiger charge is -2.21. The molecule has 0 bridgehead atoms. The highest BCUT2D eigenvalue weighted by molar-refractivity contribution is 7.13. The quantitative estimate of drug-likeness (QED) is 0.868. The Bertz CT molecular complexity index is 383.